The molecule has 0 fully saturated rings. The molecule has 0 heterocycles. The number of ketones is 1. The molecule has 104 valence electrons. The molecule has 0 saturated heterocycles. The molecule has 0 aliphatic heterocycles. The molecule has 0 aliphatic rings. The van der Waals surface area contributed by atoms with Crippen molar-refractivity contribution in [2.24, 2.45) is 0 Å². The Kier molecular flexibility index (Phi) is 3.70. The quantitative estimate of drug-likeness (QED) is 0.693. The Hall–Kier alpha value is -2.43. The highest BCUT2D eigenvalue weighted by atomic mass is 19.1. The van der Waals surface area contributed by atoms with E-state index in [0.717, 1.165) is 17.7 Å². The molecule has 0 unspecified atom stereocenters. The van der Waals surface area contributed by atoms with Gasteiger partial charge in [0.05, 0.1) is 12.7 Å². The first-order chi connectivity index (χ1) is 9.42. The predicted octanol–water partition coefficient (Wildman–Crippen LogP) is 3.10. The van der Waals surface area contributed by atoms with Crippen LogP contribution in [0.4, 0.5) is 14.5 Å². The van der Waals surface area contributed by atoms with E-state index in [1.807, 2.05) is 0 Å². The molecule has 0 saturated carbocycles. The molecule has 5 heteroatoms. The molecule has 0 aromatic heterocycles. The van der Waals surface area contributed by atoms with Gasteiger partial charge in [0.15, 0.2) is 5.78 Å². The van der Waals surface area contributed by atoms with Gasteiger partial charge in [-0.1, -0.05) is 0 Å². The third kappa shape index (κ3) is 2.61. The summed E-state index contributed by atoms with van der Waals surface area (Å²) in [5.41, 5.74) is 6.27. The van der Waals surface area contributed by atoms with Crippen LogP contribution >= 0.6 is 0 Å². The minimum Gasteiger partial charge on any atom is -0.497 e. The standard InChI is InChI=1S/C15H13F2NO2/c1-8-3-9(5-10(18)4-8)15(19)14-12(16)6-11(20-2)7-13(14)17/h3-7H,18H2,1-2H3. The summed E-state index contributed by atoms with van der Waals surface area (Å²) >= 11 is 0. The summed E-state index contributed by atoms with van der Waals surface area (Å²) in [6, 6.07) is 6.52. The van der Waals surface area contributed by atoms with Crippen molar-refractivity contribution in [3.05, 3.63) is 58.7 Å². The fraction of sp³-hybridized carbons (Fsp3) is 0.133. The van der Waals surface area contributed by atoms with E-state index < -0.39 is 23.0 Å². The van der Waals surface area contributed by atoms with Gasteiger partial charge >= 0.3 is 0 Å². The van der Waals surface area contributed by atoms with Gasteiger partial charge in [-0.2, -0.15) is 0 Å². The molecule has 2 aromatic rings. The lowest BCUT2D eigenvalue weighted by Gasteiger charge is -2.08. The van der Waals surface area contributed by atoms with E-state index in [4.69, 9.17) is 10.5 Å². The second-order valence-electron chi connectivity index (χ2n) is 4.43. The Morgan fingerprint density at radius 3 is 2.20 bits per heavy atom. The van der Waals surface area contributed by atoms with Crippen molar-refractivity contribution >= 4 is 11.5 Å². The fourth-order valence-electron chi connectivity index (χ4n) is 1.97. The van der Waals surface area contributed by atoms with Crippen LogP contribution in [0.25, 0.3) is 0 Å². The van der Waals surface area contributed by atoms with Gasteiger partial charge in [0.1, 0.15) is 17.4 Å². The van der Waals surface area contributed by atoms with Crippen molar-refractivity contribution in [1.82, 2.24) is 0 Å². The van der Waals surface area contributed by atoms with Crippen LogP contribution in [-0.2, 0) is 0 Å². The first-order valence-corrected chi connectivity index (χ1v) is 5.87. The molecular weight excluding hydrogens is 264 g/mol. The number of hydrogen-bond donors (Lipinski definition) is 1. The maximum absolute atomic E-state index is 13.9. The number of anilines is 1. The van der Waals surface area contributed by atoms with Crippen molar-refractivity contribution in [3.63, 3.8) is 0 Å². The highest BCUT2D eigenvalue weighted by molar-refractivity contribution is 6.10. The summed E-state index contributed by atoms with van der Waals surface area (Å²) in [4.78, 5) is 12.2. The lowest BCUT2D eigenvalue weighted by molar-refractivity contribution is 0.103. The van der Waals surface area contributed by atoms with Crippen LogP contribution in [0, 0.1) is 18.6 Å². The number of halogens is 2. The van der Waals surface area contributed by atoms with Gasteiger partial charge in [-0.25, -0.2) is 8.78 Å². The van der Waals surface area contributed by atoms with Gasteiger partial charge in [-0.05, 0) is 30.7 Å². The van der Waals surface area contributed by atoms with E-state index in [9.17, 15) is 13.6 Å². The number of carbonyl (C=O) groups excluding carboxylic acids is 1. The first kappa shape index (κ1) is 14.0. The average Bonchev–Trinajstić information content (AvgIpc) is 2.36. The predicted molar refractivity (Wildman–Crippen MR) is 71.9 cm³/mol. The molecule has 0 bridgehead atoms. The van der Waals surface area contributed by atoms with Crippen LogP contribution < -0.4 is 10.5 Å². The minimum absolute atomic E-state index is 0.0142. The average molecular weight is 277 g/mol. The topological polar surface area (TPSA) is 52.3 Å². The maximum Gasteiger partial charge on any atom is 0.199 e. The summed E-state index contributed by atoms with van der Waals surface area (Å²) in [6.45, 7) is 1.74. The minimum atomic E-state index is -0.966. The lowest BCUT2D eigenvalue weighted by atomic mass is 10.00. The summed E-state index contributed by atoms with van der Waals surface area (Å²) in [7, 11) is 1.29. The third-order valence-corrected chi connectivity index (χ3v) is 2.84. The maximum atomic E-state index is 13.9. The Balaban J connectivity index is 2.53. The first-order valence-electron chi connectivity index (χ1n) is 5.87. The van der Waals surface area contributed by atoms with E-state index in [1.165, 1.54) is 19.2 Å². The van der Waals surface area contributed by atoms with Gasteiger partial charge in [0.2, 0.25) is 0 Å². The Labute approximate surface area is 115 Å². The number of nitrogen functional groups attached to an aromatic ring is 1. The highest BCUT2D eigenvalue weighted by Gasteiger charge is 2.21. The summed E-state index contributed by atoms with van der Waals surface area (Å²) in [5.74, 6) is -2.67. The van der Waals surface area contributed by atoms with Gasteiger partial charge < -0.3 is 10.5 Å². The van der Waals surface area contributed by atoms with Crippen molar-refractivity contribution in [2.75, 3.05) is 12.8 Å². The van der Waals surface area contributed by atoms with Crippen molar-refractivity contribution < 1.29 is 18.3 Å². The monoisotopic (exact) mass is 277 g/mol. The summed E-state index contributed by atoms with van der Waals surface area (Å²) < 4.78 is 32.5. The molecule has 0 aliphatic carbocycles. The van der Waals surface area contributed by atoms with Crippen LogP contribution in [-0.4, -0.2) is 12.9 Å². The van der Waals surface area contributed by atoms with E-state index in [0.29, 0.717) is 5.69 Å². The molecule has 20 heavy (non-hydrogen) atoms. The molecule has 2 rings (SSSR count). The van der Waals surface area contributed by atoms with Crippen molar-refractivity contribution in [3.8, 4) is 5.75 Å². The van der Waals surface area contributed by atoms with Crippen LogP contribution in [0.2, 0.25) is 0 Å². The van der Waals surface area contributed by atoms with E-state index in [-0.39, 0.29) is 11.3 Å². The fourth-order valence-corrected chi connectivity index (χ4v) is 1.97. The van der Waals surface area contributed by atoms with Crippen LogP contribution in [0.15, 0.2) is 30.3 Å². The highest BCUT2D eigenvalue weighted by Crippen LogP contribution is 2.24. The van der Waals surface area contributed by atoms with Gasteiger partial charge in [-0.3, -0.25) is 4.79 Å². The van der Waals surface area contributed by atoms with Crippen LogP contribution in [0.1, 0.15) is 21.5 Å². The second-order valence-corrected chi connectivity index (χ2v) is 4.43. The Bertz CT molecular complexity index is 640. The molecule has 2 N–H and O–H groups in total. The Morgan fingerprint density at radius 2 is 1.70 bits per heavy atom. The van der Waals surface area contributed by atoms with E-state index in [1.54, 1.807) is 13.0 Å². The number of rotatable bonds is 3. The summed E-state index contributed by atoms with van der Waals surface area (Å²) in [6.07, 6.45) is 0. The van der Waals surface area contributed by atoms with E-state index in [2.05, 4.69) is 0 Å². The number of benzene rings is 2. The Morgan fingerprint density at radius 1 is 1.10 bits per heavy atom. The van der Waals surface area contributed by atoms with Crippen LogP contribution in [0.5, 0.6) is 5.75 Å². The number of nitrogens with two attached hydrogens (primary N) is 1. The second kappa shape index (κ2) is 5.28. The lowest BCUT2D eigenvalue weighted by Crippen LogP contribution is -2.09. The van der Waals surface area contributed by atoms with Crippen molar-refractivity contribution in [1.29, 1.82) is 0 Å². The van der Waals surface area contributed by atoms with Crippen LogP contribution in [0.3, 0.4) is 0 Å². The molecule has 3 nitrogen and oxygen atoms in total. The molecule has 0 spiro atoms. The summed E-state index contributed by atoms with van der Waals surface area (Å²) in [5, 5.41) is 0. The normalized spacial score (nSPS) is 10.4. The zero-order valence-electron chi connectivity index (χ0n) is 11.0. The third-order valence-electron chi connectivity index (χ3n) is 2.84. The molecule has 0 radical (unpaired) electrons. The van der Waals surface area contributed by atoms with E-state index >= 15 is 0 Å². The smallest absolute Gasteiger partial charge is 0.199 e. The number of hydrogen-bond acceptors (Lipinski definition) is 3. The zero-order chi connectivity index (χ0) is 14.9. The zero-order valence-corrected chi connectivity index (χ0v) is 11.0. The number of aryl methyl sites for hydroxylation is 1. The van der Waals surface area contributed by atoms with Gasteiger partial charge in [-0.15, -0.1) is 0 Å². The van der Waals surface area contributed by atoms with Gasteiger partial charge in [0.25, 0.3) is 0 Å². The number of methoxy groups -OCH3 is 1. The SMILES string of the molecule is COc1cc(F)c(C(=O)c2cc(C)cc(N)c2)c(F)c1. The van der Waals surface area contributed by atoms with Gasteiger partial charge in [0, 0.05) is 23.4 Å². The number of carbonyl (C=O) groups is 1. The molecule has 0 atom stereocenters. The van der Waals surface area contributed by atoms with Crippen molar-refractivity contribution in [2.45, 2.75) is 6.92 Å². The number of ether oxygens (including phenoxy) is 1. The molecule has 2 aromatic carbocycles. The molecular formula is C15H13F2NO2. The largest absolute Gasteiger partial charge is 0.497 e. The molecule has 0 amide bonds.